The van der Waals surface area contributed by atoms with Crippen molar-refractivity contribution in [3.63, 3.8) is 0 Å². The van der Waals surface area contributed by atoms with Crippen LogP contribution in [-0.2, 0) is 15.8 Å². The lowest BCUT2D eigenvalue weighted by atomic mass is 10.2. The Morgan fingerprint density at radius 1 is 0.958 bits per heavy atom. The van der Waals surface area contributed by atoms with Crippen LogP contribution in [0.1, 0.15) is 11.1 Å². The number of alkyl halides is 3. The minimum absolute atomic E-state index is 0.0890. The van der Waals surface area contributed by atoms with Crippen LogP contribution in [-0.4, -0.2) is 11.8 Å². The monoisotopic (exact) mass is 400 g/mol. The van der Waals surface area contributed by atoms with Gasteiger partial charge >= 0.3 is 18.0 Å². The Kier molecular flexibility index (Phi) is 5.28. The van der Waals surface area contributed by atoms with Gasteiger partial charge in [-0.05, 0) is 64.8 Å². The predicted octanol–water partition coefficient (Wildman–Crippen LogP) is 4.35. The Morgan fingerprint density at radius 2 is 1.54 bits per heavy atom. The van der Waals surface area contributed by atoms with Crippen molar-refractivity contribution in [2.75, 3.05) is 10.6 Å². The number of carbonyl (C=O) groups is 2. The third-order valence-electron chi connectivity index (χ3n) is 3.05. The number of hydrogen-bond donors (Lipinski definition) is 2. The highest BCUT2D eigenvalue weighted by Gasteiger charge is 2.30. The normalized spacial score (nSPS) is 11.0. The van der Waals surface area contributed by atoms with Crippen molar-refractivity contribution in [1.82, 2.24) is 0 Å². The summed E-state index contributed by atoms with van der Waals surface area (Å²) in [5.74, 6) is -1.92. The minimum atomic E-state index is -4.46. The van der Waals surface area contributed by atoms with Gasteiger partial charge in [-0.1, -0.05) is 6.07 Å². The fourth-order valence-corrected chi connectivity index (χ4v) is 2.42. The summed E-state index contributed by atoms with van der Waals surface area (Å²) in [7, 11) is 0. The molecule has 8 heteroatoms. The molecule has 0 radical (unpaired) electrons. The number of anilines is 2. The van der Waals surface area contributed by atoms with Crippen LogP contribution in [0.4, 0.5) is 24.5 Å². The Bertz CT molecular complexity index is 774. The van der Waals surface area contributed by atoms with Crippen LogP contribution in [0.25, 0.3) is 0 Å². The van der Waals surface area contributed by atoms with E-state index >= 15 is 0 Å². The summed E-state index contributed by atoms with van der Waals surface area (Å²) in [6.45, 7) is 1.87. The molecular weight excluding hydrogens is 389 g/mol. The average Bonchev–Trinajstić information content (AvgIpc) is 2.49. The van der Waals surface area contributed by atoms with E-state index in [9.17, 15) is 22.8 Å². The summed E-state index contributed by atoms with van der Waals surface area (Å²) in [6, 6.07) is 8.96. The maximum absolute atomic E-state index is 12.5. The third-order valence-corrected chi connectivity index (χ3v) is 3.71. The van der Waals surface area contributed by atoms with Gasteiger partial charge in [0.1, 0.15) is 0 Å². The molecular formula is C16H12BrF3N2O2. The van der Waals surface area contributed by atoms with Crippen LogP contribution in [0.2, 0.25) is 0 Å². The van der Waals surface area contributed by atoms with Crippen molar-refractivity contribution in [1.29, 1.82) is 0 Å². The third kappa shape index (κ3) is 4.58. The summed E-state index contributed by atoms with van der Waals surface area (Å²) in [6.07, 6.45) is -4.46. The standard InChI is InChI=1S/C16H12BrF3N2O2/c1-9-2-7-13(12(17)8-9)22-15(24)14(23)21-11-5-3-10(4-6-11)16(18,19)20/h2-8H,1H3,(H,21,23)(H,22,24). The molecule has 2 amide bonds. The van der Waals surface area contributed by atoms with Crippen LogP contribution >= 0.6 is 15.9 Å². The van der Waals surface area contributed by atoms with Gasteiger partial charge in [0.2, 0.25) is 0 Å². The molecule has 0 aliphatic heterocycles. The summed E-state index contributed by atoms with van der Waals surface area (Å²) >= 11 is 3.27. The minimum Gasteiger partial charge on any atom is -0.318 e. The number of hydrogen-bond acceptors (Lipinski definition) is 2. The predicted molar refractivity (Wildman–Crippen MR) is 87.6 cm³/mol. The van der Waals surface area contributed by atoms with Crippen LogP contribution in [0, 0.1) is 6.92 Å². The fourth-order valence-electron chi connectivity index (χ4n) is 1.83. The lowest BCUT2D eigenvalue weighted by molar-refractivity contribution is -0.137. The molecule has 24 heavy (non-hydrogen) atoms. The number of aryl methyl sites for hydroxylation is 1. The number of rotatable bonds is 2. The van der Waals surface area contributed by atoms with Crippen molar-refractivity contribution in [2.45, 2.75) is 13.1 Å². The van der Waals surface area contributed by atoms with Gasteiger partial charge in [-0.25, -0.2) is 0 Å². The largest absolute Gasteiger partial charge is 0.416 e. The van der Waals surface area contributed by atoms with E-state index in [1.807, 2.05) is 6.92 Å². The Morgan fingerprint density at radius 3 is 2.08 bits per heavy atom. The van der Waals surface area contributed by atoms with E-state index in [4.69, 9.17) is 0 Å². The fraction of sp³-hybridized carbons (Fsp3) is 0.125. The number of nitrogens with one attached hydrogen (secondary N) is 2. The molecule has 2 aromatic carbocycles. The van der Waals surface area contributed by atoms with Gasteiger partial charge in [-0.15, -0.1) is 0 Å². The van der Waals surface area contributed by atoms with Gasteiger partial charge in [-0.3, -0.25) is 9.59 Å². The average molecular weight is 401 g/mol. The van der Waals surface area contributed by atoms with E-state index in [-0.39, 0.29) is 5.69 Å². The molecule has 0 aliphatic rings. The Hall–Kier alpha value is -2.35. The van der Waals surface area contributed by atoms with Gasteiger partial charge < -0.3 is 10.6 Å². The first-order valence-corrected chi connectivity index (χ1v) is 7.52. The molecule has 0 aromatic heterocycles. The van der Waals surface area contributed by atoms with Gasteiger partial charge in [0.25, 0.3) is 0 Å². The molecule has 2 N–H and O–H groups in total. The molecule has 0 heterocycles. The summed E-state index contributed by atoms with van der Waals surface area (Å²) < 4.78 is 38.0. The molecule has 0 atom stereocenters. The van der Waals surface area contributed by atoms with Crippen molar-refractivity contribution < 1.29 is 22.8 Å². The van der Waals surface area contributed by atoms with Crippen molar-refractivity contribution in [2.24, 2.45) is 0 Å². The molecule has 2 aromatic rings. The zero-order valence-corrected chi connectivity index (χ0v) is 14.0. The molecule has 4 nitrogen and oxygen atoms in total. The van der Waals surface area contributed by atoms with Crippen molar-refractivity contribution >= 4 is 39.1 Å². The summed E-state index contributed by atoms with van der Waals surface area (Å²) in [4.78, 5) is 23.7. The molecule has 0 saturated heterocycles. The Balaban J connectivity index is 2.02. The molecule has 0 spiro atoms. The van der Waals surface area contributed by atoms with E-state index in [1.165, 1.54) is 0 Å². The number of halogens is 4. The van der Waals surface area contributed by atoms with Gasteiger partial charge in [0.15, 0.2) is 0 Å². The molecule has 0 bridgehead atoms. The summed E-state index contributed by atoms with van der Waals surface area (Å²) in [5.41, 5.74) is 0.627. The molecule has 0 fully saturated rings. The maximum Gasteiger partial charge on any atom is 0.416 e. The highest BCUT2D eigenvalue weighted by atomic mass is 79.9. The maximum atomic E-state index is 12.5. The number of amides is 2. The van der Waals surface area contributed by atoms with Crippen LogP contribution in [0.3, 0.4) is 0 Å². The molecule has 0 saturated carbocycles. The highest BCUT2D eigenvalue weighted by Crippen LogP contribution is 2.29. The lowest BCUT2D eigenvalue weighted by Crippen LogP contribution is -2.29. The van der Waals surface area contributed by atoms with Crippen LogP contribution in [0.5, 0.6) is 0 Å². The van der Waals surface area contributed by atoms with Crippen molar-refractivity contribution in [3.05, 3.63) is 58.1 Å². The quantitative estimate of drug-likeness (QED) is 0.736. The number of benzene rings is 2. The zero-order chi connectivity index (χ0) is 17.9. The second-order valence-electron chi connectivity index (χ2n) is 4.97. The molecule has 2 rings (SSSR count). The topological polar surface area (TPSA) is 58.2 Å². The van der Waals surface area contributed by atoms with Crippen LogP contribution in [0.15, 0.2) is 46.9 Å². The highest BCUT2D eigenvalue weighted by molar-refractivity contribution is 9.10. The smallest absolute Gasteiger partial charge is 0.318 e. The van der Waals surface area contributed by atoms with Crippen LogP contribution < -0.4 is 10.6 Å². The zero-order valence-electron chi connectivity index (χ0n) is 12.4. The second-order valence-corrected chi connectivity index (χ2v) is 5.82. The van der Waals surface area contributed by atoms with E-state index in [0.29, 0.717) is 10.2 Å². The van der Waals surface area contributed by atoms with Crippen molar-refractivity contribution in [3.8, 4) is 0 Å². The first-order chi connectivity index (χ1) is 11.2. The molecule has 0 aliphatic carbocycles. The van der Waals surface area contributed by atoms with Gasteiger partial charge in [0, 0.05) is 10.2 Å². The first-order valence-electron chi connectivity index (χ1n) is 6.72. The SMILES string of the molecule is Cc1ccc(NC(=O)C(=O)Nc2ccc(C(F)(F)F)cc2)c(Br)c1. The van der Waals surface area contributed by atoms with E-state index < -0.39 is 23.6 Å². The van der Waals surface area contributed by atoms with E-state index in [0.717, 1.165) is 29.8 Å². The molecule has 126 valence electrons. The van der Waals surface area contributed by atoms with Gasteiger partial charge in [-0.2, -0.15) is 13.2 Å². The first kappa shape index (κ1) is 18.0. The lowest BCUT2D eigenvalue weighted by Gasteiger charge is -2.10. The molecule has 0 unspecified atom stereocenters. The van der Waals surface area contributed by atoms with E-state index in [2.05, 4.69) is 26.6 Å². The number of carbonyl (C=O) groups excluding carboxylic acids is 2. The summed E-state index contributed by atoms with van der Waals surface area (Å²) in [5, 5.41) is 4.65. The van der Waals surface area contributed by atoms with Gasteiger partial charge in [0.05, 0.1) is 11.3 Å². The van der Waals surface area contributed by atoms with E-state index in [1.54, 1.807) is 18.2 Å². The Labute approximate surface area is 144 Å². The second kappa shape index (κ2) is 7.04.